The van der Waals surface area contributed by atoms with Crippen molar-refractivity contribution in [3.8, 4) is 5.75 Å². The smallest absolute Gasteiger partial charge is 0.227 e. The van der Waals surface area contributed by atoms with Crippen molar-refractivity contribution < 1.29 is 14.3 Å². The highest BCUT2D eigenvalue weighted by Crippen LogP contribution is 2.29. The van der Waals surface area contributed by atoms with Crippen LogP contribution < -0.4 is 15.8 Å². The summed E-state index contributed by atoms with van der Waals surface area (Å²) in [7, 11) is 1.66. The molecular weight excluding hydrogens is 340 g/mol. The van der Waals surface area contributed by atoms with Crippen LogP contribution in [-0.2, 0) is 16.1 Å². The molecule has 0 atom stereocenters. The Labute approximate surface area is 154 Å². The highest BCUT2D eigenvalue weighted by Gasteiger charge is 2.38. The maximum Gasteiger partial charge on any atom is 0.227 e. The van der Waals surface area contributed by atoms with E-state index in [1.165, 1.54) is 0 Å². The van der Waals surface area contributed by atoms with Gasteiger partial charge in [0.15, 0.2) is 0 Å². The molecule has 1 aliphatic heterocycles. The zero-order chi connectivity index (χ0) is 17.0. The Morgan fingerprint density at radius 1 is 1.20 bits per heavy atom. The number of amides is 1. The van der Waals surface area contributed by atoms with Gasteiger partial charge in [0.25, 0.3) is 0 Å². The third-order valence-electron chi connectivity index (χ3n) is 4.89. The van der Waals surface area contributed by atoms with Crippen molar-refractivity contribution in [2.24, 2.45) is 11.1 Å². The number of carbonyl (C=O) groups is 1. The summed E-state index contributed by atoms with van der Waals surface area (Å²) >= 11 is 0. The lowest BCUT2D eigenvalue weighted by molar-refractivity contribution is -0.136. The third-order valence-corrected chi connectivity index (χ3v) is 4.89. The van der Waals surface area contributed by atoms with Gasteiger partial charge in [-0.15, -0.1) is 12.4 Å². The summed E-state index contributed by atoms with van der Waals surface area (Å²) in [5.74, 6) is 0.871. The van der Waals surface area contributed by atoms with E-state index in [1.54, 1.807) is 7.11 Å². The van der Waals surface area contributed by atoms with E-state index < -0.39 is 5.41 Å². The van der Waals surface area contributed by atoms with Gasteiger partial charge in [0, 0.05) is 26.3 Å². The third kappa shape index (κ3) is 4.24. The molecule has 1 saturated heterocycles. The Kier molecular flexibility index (Phi) is 6.64. The minimum atomic E-state index is -0.484. The SMILES string of the molecule is COc1ccc2cc(CNC(=O)C3(CN)CCOCC3)ccc2c1.Cl. The number of rotatable bonds is 5. The van der Waals surface area contributed by atoms with Crippen molar-refractivity contribution in [2.75, 3.05) is 26.9 Å². The second-order valence-electron chi connectivity index (χ2n) is 6.33. The molecule has 6 heteroatoms. The van der Waals surface area contributed by atoms with E-state index in [0.29, 0.717) is 39.1 Å². The molecule has 3 rings (SSSR count). The van der Waals surface area contributed by atoms with Crippen molar-refractivity contribution in [1.82, 2.24) is 5.32 Å². The van der Waals surface area contributed by atoms with Crippen LogP contribution in [0.15, 0.2) is 36.4 Å². The molecule has 136 valence electrons. The molecule has 2 aromatic carbocycles. The highest BCUT2D eigenvalue weighted by molar-refractivity contribution is 5.86. The maximum atomic E-state index is 12.6. The molecule has 0 unspecified atom stereocenters. The minimum absolute atomic E-state index is 0. The van der Waals surface area contributed by atoms with Gasteiger partial charge in [-0.1, -0.05) is 18.2 Å². The summed E-state index contributed by atoms with van der Waals surface area (Å²) in [6.07, 6.45) is 1.37. The first kappa shape index (κ1) is 19.5. The van der Waals surface area contributed by atoms with Crippen LogP contribution >= 0.6 is 12.4 Å². The lowest BCUT2D eigenvalue weighted by Crippen LogP contribution is -2.48. The van der Waals surface area contributed by atoms with E-state index in [2.05, 4.69) is 11.4 Å². The highest BCUT2D eigenvalue weighted by atomic mass is 35.5. The summed E-state index contributed by atoms with van der Waals surface area (Å²) in [4.78, 5) is 12.6. The van der Waals surface area contributed by atoms with E-state index in [4.69, 9.17) is 15.2 Å². The summed E-state index contributed by atoms with van der Waals surface area (Å²) in [5, 5.41) is 5.29. The van der Waals surface area contributed by atoms with E-state index in [9.17, 15) is 4.79 Å². The van der Waals surface area contributed by atoms with Gasteiger partial charge < -0.3 is 20.5 Å². The van der Waals surface area contributed by atoms with E-state index >= 15 is 0 Å². The molecule has 5 nitrogen and oxygen atoms in total. The van der Waals surface area contributed by atoms with Gasteiger partial charge >= 0.3 is 0 Å². The fourth-order valence-corrected chi connectivity index (χ4v) is 3.17. The summed E-state index contributed by atoms with van der Waals surface area (Å²) in [5.41, 5.74) is 6.47. The van der Waals surface area contributed by atoms with E-state index in [-0.39, 0.29) is 18.3 Å². The number of hydrogen-bond acceptors (Lipinski definition) is 4. The Morgan fingerprint density at radius 2 is 1.88 bits per heavy atom. The van der Waals surface area contributed by atoms with Gasteiger partial charge in [0.1, 0.15) is 5.75 Å². The molecule has 0 aliphatic carbocycles. The van der Waals surface area contributed by atoms with Gasteiger partial charge in [-0.3, -0.25) is 4.79 Å². The number of carbonyl (C=O) groups excluding carboxylic acids is 1. The first-order chi connectivity index (χ1) is 11.7. The van der Waals surface area contributed by atoms with Gasteiger partial charge in [0.05, 0.1) is 12.5 Å². The van der Waals surface area contributed by atoms with Gasteiger partial charge in [-0.25, -0.2) is 0 Å². The number of methoxy groups -OCH3 is 1. The summed E-state index contributed by atoms with van der Waals surface area (Å²) in [6.45, 7) is 2.06. The predicted octanol–water partition coefficient (Wildman–Crippen LogP) is 2.64. The maximum absolute atomic E-state index is 12.6. The van der Waals surface area contributed by atoms with Crippen LogP contribution in [0.2, 0.25) is 0 Å². The van der Waals surface area contributed by atoms with Gasteiger partial charge in [-0.05, 0) is 47.4 Å². The zero-order valence-corrected chi connectivity index (χ0v) is 15.2. The lowest BCUT2D eigenvalue weighted by Gasteiger charge is -2.34. The van der Waals surface area contributed by atoms with Crippen LogP contribution in [0.3, 0.4) is 0 Å². The monoisotopic (exact) mass is 364 g/mol. The average molecular weight is 365 g/mol. The van der Waals surface area contributed by atoms with Crippen LogP contribution in [0.25, 0.3) is 10.8 Å². The van der Waals surface area contributed by atoms with Crippen molar-refractivity contribution in [1.29, 1.82) is 0 Å². The number of hydrogen-bond donors (Lipinski definition) is 2. The second kappa shape index (κ2) is 8.52. The quantitative estimate of drug-likeness (QED) is 0.855. The molecule has 0 bridgehead atoms. The molecule has 2 aromatic rings. The van der Waals surface area contributed by atoms with Crippen molar-refractivity contribution in [3.05, 3.63) is 42.0 Å². The van der Waals surface area contributed by atoms with Crippen LogP contribution in [0.4, 0.5) is 0 Å². The first-order valence-electron chi connectivity index (χ1n) is 8.30. The Balaban J connectivity index is 0.00000225. The molecular formula is C19H25ClN2O3. The summed E-state index contributed by atoms with van der Waals surface area (Å²) in [6, 6.07) is 12.1. The summed E-state index contributed by atoms with van der Waals surface area (Å²) < 4.78 is 10.6. The molecule has 3 N–H and O–H groups in total. The molecule has 25 heavy (non-hydrogen) atoms. The normalized spacial score (nSPS) is 16.1. The fourth-order valence-electron chi connectivity index (χ4n) is 3.17. The lowest BCUT2D eigenvalue weighted by atomic mass is 9.79. The standard InChI is InChI=1S/C19H24N2O3.ClH/c1-23-17-5-4-15-10-14(2-3-16(15)11-17)12-21-18(22)19(13-20)6-8-24-9-7-19;/h2-5,10-11H,6-9,12-13,20H2,1H3,(H,21,22);1H. The number of nitrogens with one attached hydrogen (secondary N) is 1. The molecule has 1 aliphatic rings. The Hall–Kier alpha value is -1.82. The van der Waals surface area contributed by atoms with E-state index in [0.717, 1.165) is 22.1 Å². The number of benzene rings is 2. The minimum Gasteiger partial charge on any atom is -0.497 e. The molecule has 0 aromatic heterocycles. The van der Waals surface area contributed by atoms with Crippen LogP contribution in [0.1, 0.15) is 18.4 Å². The number of fused-ring (bicyclic) bond motifs is 1. The van der Waals surface area contributed by atoms with Crippen molar-refractivity contribution >= 4 is 29.1 Å². The number of ether oxygens (including phenoxy) is 2. The van der Waals surface area contributed by atoms with Crippen molar-refractivity contribution in [3.63, 3.8) is 0 Å². The zero-order valence-electron chi connectivity index (χ0n) is 14.4. The number of halogens is 1. The van der Waals surface area contributed by atoms with E-state index in [1.807, 2.05) is 30.3 Å². The van der Waals surface area contributed by atoms with Crippen molar-refractivity contribution in [2.45, 2.75) is 19.4 Å². The van der Waals surface area contributed by atoms with Gasteiger partial charge in [-0.2, -0.15) is 0 Å². The molecule has 0 radical (unpaired) electrons. The largest absolute Gasteiger partial charge is 0.497 e. The molecule has 0 saturated carbocycles. The average Bonchev–Trinajstić information content (AvgIpc) is 2.65. The predicted molar refractivity (Wildman–Crippen MR) is 101 cm³/mol. The number of nitrogens with two attached hydrogens (primary N) is 1. The Bertz CT molecular complexity index is 730. The van der Waals surface area contributed by atoms with Gasteiger partial charge in [0.2, 0.25) is 5.91 Å². The molecule has 1 fully saturated rings. The molecule has 1 heterocycles. The first-order valence-corrected chi connectivity index (χ1v) is 8.30. The topological polar surface area (TPSA) is 73.6 Å². The van der Waals surface area contributed by atoms with Crippen LogP contribution in [-0.4, -0.2) is 32.8 Å². The van der Waals surface area contributed by atoms with Crippen LogP contribution in [0.5, 0.6) is 5.75 Å². The van der Waals surface area contributed by atoms with Crippen LogP contribution in [0, 0.1) is 5.41 Å². The molecule has 1 amide bonds. The second-order valence-corrected chi connectivity index (χ2v) is 6.33. The Morgan fingerprint density at radius 3 is 2.56 bits per heavy atom. The fraction of sp³-hybridized carbons (Fsp3) is 0.421. The molecule has 0 spiro atoms.